The third kappa shape index (κ3) is 2.03. The Morgan fingerprint density at radius 1 is 1.00 bits per heavy atom. The van der Waals surface area contributed by atoms with Gasteiger partial charge < -0.3 is 0 Å². The lowest BCUT2D eigenvalue weighted by Crippen LogP contribution is -2.13. The summed E-state index contributed by atoms with van der Waals surface area (Å²) in [5.74, 6) is 0. The van der Waals surface area contributed by atoms with E-state index in [1.807, 2.05) is 0 Å². The highest BCUT2D eigenvalue weighted by Crippen LogP contribution is 2.31. The number of rotatable bonds is 1. The van der Waals surface area contributed by atoms with Crippen LogP contribution in [0.5, 0.6) is 0 Å². The maximum absolute atomic E-state index is 13.0. The van der Waals surface area contributed by atoms with E-state index < -0.39 is 11.9 Å². The van der Waals surface area contributed by atoms with Gasteiger partial charge in [-0.25, -0.2) is 9.50 Å². The molecule has 0 N–H and O–H groups in total. The van der Waals surface area contributed by atoms with E-state index in [0.717, 1.165) is 10.6 Å². The Hall–Kier alpha value is -2.44. The van der Waals surface area contributed by atoms with Crippen LogP contribution in [-0.2, 0) is 6.18 Å². The van der Waals surface area contributed by atoms with Gasteiger partial charge >= 0.3 is 6.18 Å². The minimum absolute atomic E-state index is 0.154. The van der Waals surface area contributed by atoms with Gasteiger partial charge in [-0.2, -0.15) is 18.3 Å². The summed E-state index contributed by atoms with van der Waals surface area (Å²) in [6, 6.07) is 5.62. The maximum atomic E-state index is 13.0. The fourth-order valence-corrected chi connectivity index (χ4v) is 1.79. The number of fused-ring (bicyclic) bond motifs is 1. The second-order valence-electron chi connectivity index (χ2n) is 3.86. The summed E-state index contributed by atoms with van der Waals surface area (Å²) in [5.41, 5.74) is 0.114. The lowest BCUT2D eigenvalue weighted by atomic mass is 10.1. The van der Waals surface area contributed by atoms with Crippen molar-refractivity contribution in [3.63, 3.8) is 0 Å². The average molecular weight is 264 g/mol. The molecule has 4 nitrogen and oxygen atoms in total. The van der Waals surface area contributed by atoms with Crippen molar-refractivity contribution in [2.24, 2.45) is 0 Å². The molecule has 7 heteroatoms. The SMILES string of the molecule is FC(F)(F)c1cc(-c2ccncc2)nc2ccnn12. The number of nitrogens with zero attached hydrogens (tertiary/aromatic N) is 4. The summed E-state index contributed by atoms with van der Waals surface area (Å²) in [4.78, 5) is 7.98. The summed E-state index contributed by atoms with van der Waals surface area (Å²) in [6.45, 7) is 0. The average Bonchev–Trinajstić information content (AvgIpc) is 2.85. The van der Waals surface area contributed by atoms with E-state index in [1.54, 1.807) is 12.1 Å². The van der Waals surface area contributed by atoms with Crippen LogP contribution in [0.1, 0.15) is 5.69 Å². The summed E-state index contributed by atoms with van der Waals surface area (Å²) in [5, 5.41) is 3.64. The Bertz CT molecular complexity index is 719. The van der Waals surface area contributed by atoms with E-state index in [2.05, 4.69) is 15.1 Å². The van der Waals surface area contributed by atoms with E-state index in [0.29, 0.717) is 5.56 Å². The topological polar surface area (TPSA) is 43.1 Å². The number of halogens is 3. The van der Waals surface area contributed by atoms with Crippen molar-refractivity contribution < 1.29 is 13.2 Å². The number of hydrogen-bond donors (Lipinski definition) is 0. The standard InChI is InChI=1S/C12H7F3N4/c13-12(14,15)10-7-9(8-1-4-16-5-2-8)18-11-3-6-17-19(10)11/h1-7H. The van der Waals surface area contributed by atoms with Gasteiger partial charge in [-0.15, -0.1) is 0 Å². The molecule has 3 heterocycles. The zero-order valence-corrected chi connectivity index (χ0v) is 9.46. The van der Waals surface area contributed by atoms with Crippen LogP contribution in [0, 0.1) is 0 Å². The van der Waals surface area contributed by atoms with Gasteiger partial charge in [-0.3, -0.25) is 4.98 Å². The molecule has 0 atom stereocenters. The van der Waals surface area contributed by atoms with Crippen LogP contribution in [0.2, 0.25) is 0 Å². The molecule has 0 fully saturated rings. The fraction of sp³-hybridized carbons (Fsp3) is 0.0833. The molecule has 0 radical (unpaired) electrons. The third-order valence-corrected chi connectivity index (χ3v) is 2.63. The lowest BCUT2D eigenvalue weighted by molar-refractivity contribution is -0.142. The minimum atomic E-state index is -4.49. The van der Waals surface area contributed by atoms with Crippen molar-refractivity contribution >= 4 is 5.65 Å². The Kier molecular flexibility index (Phi) is 2.48. The van der Waals surface area contributed by atoms with Crippen LogP contribution >= 0.6 is 0 Å². The molecule has 3 aromatic rings. The normalized spacial score (nSPS) is 11.9. The van der Waals surface area contributed by atoms with E-state index >= 15 is 0 Å². The minimum Gasteiger partial charge on any atom is -0.265 e. The first-order valence-electron chi connectivity index (χ1n) is 5.38. The molecule has 19 heavy (non-hydrogen) atoms. The molecule has 3 rings (SSSR count). The molecule has 0 saturated heterocycles. The van der Waals surface area contributed by atoms with Gasteiger partial charge in [0, 0.05) is 24.0 Å². The second kappa shape index (κ2) is 4.04. The smallest absolute Gasteiger partial charge is 0.265 e. The van der Waals surface area contributed by atoms with Gasteiger partial charge in [0.15, 0.2) is 11.3 Å². The molecule has 0 spiro atoms. The summed E-state index contributed by atoms with van der Waals surface area (Å²) in [7, 11) is 0. The maximum Gasteiger partial charge on any atom is 0.433 e. The van der Waals surface area contributed by atoms with Crippen LogP contribution in [0.3, 0.4) is 0 Å². The molecule has 0 aliphatic rings. The zero-order valence-electron chi connectivity index (χ0n) is 9.46. The quantitative estimate of drug-likeness (QED) is 0.678. The van der Waals surface area contributed by atoms with Gasteiger partial charge in [0.25, 0.3) is 0 Å². The van der Waals surface area contributed by atoms with Gasteiger partial charge in [0.05, 0.1) is 11.9 Å². The molecule has 0 amide bonds. The first-order valence-corrected chi connectivity index (χ1v) is 5.38. The van der Waals surface area contributed by atoms with Crippen LogP contribution in [0.4, 0.5) is 13.2 Å². The van der Waals surface area contributed by atoms with E-state index in [1.165, 1.54) is 24.7 Å². The van der Waals surface area contributed by atoms with Crippen LogP contribution < -0.4 is 0 Å². The number of aromatic nitrogens is 4. The van der Waals surface area contributed by atoms with E-state index in [9.17, 15) is 13.2 Å². The Labute approximate surface area is 105 Å². The highest BCUT2D eigenvalue weighted by Gasteiger charge is 2.35. The lowest BCUT2D eigenvalue weighted by Gasteiger charge is -2.10. The van der Waals surface area contributed by atoms with Crippen molar-refractivity contribution in [1.29, 1.82) is 0 Å². The molecular weight excluding hydrogens is 257 g/mol. The summed E-state index contributed by atoms with van der Waals surface area (Å²) in [6.07, 6.45) is -0.196. The van der Waals surface area contributed by atoms with Crippen molar-refractivity contribution in [3.8, 4) is 11.3 Å². The van der Waals surface area contributed by atoms with Crippen LogP contribution in [0.15, 0.2) is 42.9 Å². The first-order chi connectivity index (χ1) is 9.05. The summed E-state index contributed by atoms with van der Waals surface area (Å²) < 4.78 is 39.8. The Balaban J connectivity index is 2.28. The first kappa shape index (κ1) is 11.6. The predicted molar refractivity (Wildman–Crippen MR) is 61.2 cm³/mol. The predicted octanol–water partition coefficient (Wildman–Crippen LogP) is 2.81. The molecule has 0 saturated carbocycles. The van der Waals surface area contributed by atoms with Crippen molar-refractivity contribution in [2.45, 2.75) is 6.18 Å². The molecule has 0 aliphatic heterocycles. The van der Waals surface area contributed by atoms with E-state index in [-0.39, 0.29) is 11.3 Å². The molecule has 3 aromatic heterocycles. The van der Waals surface area contributed by atoms with Gasteiger partial charge in [-0.1, -0.05) is 0 Å². The van der Waals surface area contributed by atoms with Gasteiger partial charge in [0.1, 0.15) is 0 Å². The Morgan fingerprint density at radius 3 is 2.42 bits per heavy atom. The summed E-state index contributed by atoms with van der Waals surface area (Å²) >= 11 is 0. The van der Waals surface area contributed by atoms with Crippen molar-refractivity contribution in [2.75, 3.05) is 0 Å². The highest BCUT2D eigenvalue weighted by atomic mass is 19.4. The van der Waals surface area contributed by atoms with Crippen LogP contribution in [-0.4, -0.2) is 19.6 Å². The van der Waals surface area contributed by atoms with Crippen molar-refractivity contribution in [1.82, 2.24) is 19.6 Å². The van der Waals surface area contributed by atoms with Crippen LogP contribution in [0.25, 0.3) is 16.9 Å². The van der Waals surface area contributed by atoms with Gasteiger partial charge in [-0.05, 0) is 18.2 Å². The van der Waals surface area contributed by atoms with Crippen molar-refractivity contribution in [3.05, 3.63) is 48.5 Å². The number of pyridine rings is 1. The second-order valence-corrected chi connectivity index (χ2v) is 3.86. The van der Waals surface area contributed by atoms with E-state index in [4.69, 9.17) is 0 Å². The molecule has 96 valence electrons. The highest BCUT2D eigenvalue weighted by molar-refractivity contribution is 5.61. The number of alkyl halides is 3. The molecule has 0 aliphatic carbocycles. The molecule has 0 aromatic carbocycles. The third-order valence-electron chi connectivity index (χ3n) is 2.63. The molecule has 0 unspecified atom stereocenters. The number of hydrogen-bond acceptors (Lipinski definition) is 3. The Morgan fingerprint density at radius 2 is 1.74 bits per heavy atom. The monoisotopic (exact) mass is 264 g/mol. The fourth-order valence-electron chi connectivity index (χ4n) is 1.79. The molecule has 0 bridgehead atoms. The zero-order chi connectivity index (χ0) is 13.5. The largest absolute Gasteiger partial charge is 0.433 e. The molecular formula is C12H7F3N4. The van der Waals surface area contributed by atoms with Gasteiger partial charge in [0.2, 0.25) is 0 Å².